The van der Waals surface area contributed by atoms with Gasteiger partial charge in [0.2, 0.25) is 35.4 Å². The number of Topliss-reactive ketones (excluding diaryl/α,β-unsaturated/α-hetero) is 2. The summed E-state index contributed by atoms with van der Waals surface area (Å²) in [5.41, 5.74) is 12.3. The van der Waals surface area contributed by atoms with Crippen molar-refractivity contribution in [2.24, 2.45) is 11.5 Å². The fraction of sp³-hybridized carbons (Fsp3) is 0.605. The first-order valence-corrected chi connectivity index (χ1v) is 21.5. The highest BCUT2D eigenvalue weighted by Gasteiger charge is 2.40. The van der Waals surface area contributed by atoms with E-state index in [1.165, 1.54) is 31.9 Å². The number of imide groups is 1. The van der Waals surface area contributed by atoms with Crippen LogP contribution in [0, 0.1) is 0 Å². The summed E-state index contributed by atoms with van der Waals surface area (Å²) in [6.07, 6.45) is 1.92. The molecule has 1 heterocycles. The van der Waals surface area contributed by atoms with Crippen LogP contribution in [0.2, 0.25) is 0 Å². The molecule has 59 heavy (non-hydrogen) atoms. The molecular weight excluding hydrogens is 809 g/mol. The third-order valence-corrected chi connectivity index (χ3v) is 10.6. The Kier molecular flexibility index (Phi) is 27.3. The van der Waals surface area contributed by atoms with Crippen LogP contribution in [0.3, 0.4) is 0 Å². The zero-order chi connectivity index (χ0) is 44.2. The van der Waals surface area contributed by atoms with E-state index < -0.39 is 23.2 Å². The van der Waals surface area contributed by atoms with Crippen LogP contribution < -0.4 is 43.0 Å². The number of amides is 7. The molecule has 0 saturated carbocycles. The fourth-order valence-electron chi connectivity index (χ4n) is 4.76. The molecule has 0 spiro atoms. The Morgan fingerprint density at radius 3 is 1.88 bits per heavy atom. The molecule has 1 aromatic carbocycles. The topological polar surface area (TPSA) is 288 Å². The molecule has 19 nitrogen and oxygen atoms in total. The van der Waals surface area contributed by atoms with Crippen LogP contribution in [-0.2, 0) is 47.8 Å². The average Bonchev–Trinajstić information content (AvgIpc) is 3.52. The maximum Gasteiger partial charge on any atom is 0.251 e. The molecule has 1 unspecified atom stereocenters. The first kappa shape index (κ1) is 52.6. The second kappa shape index (κ2) is 30.6. The van der Waals surface area contributed by atoms with Crippen molar-refractivity contribution < 1.29 is 52.6 Å². The van der Waals surface area contributed by atoms with Crippen molar-refractivity contribution in [3.63, 3.8) is 0 Å². The second-order valence-electron chi connectivity index (χ2n) is 12.8. The van der Waals surface area contributed by atoms with Crippen LogP contribution in [0.25, 0.3) is 0 Å². The van der Waals surface area contributed by atoms with Gasteiger partial charge in [0.05, 0.1) is 55.2 Å². The van der Waals surface area contributed by atoms with E-state index >= 15 is 0 Å². The van der Waals surface area contributed by atoms with Gasteiger partial charge in [0, 0.05) is 89.3 Å². The number of hydrogen-bond acceptors (Lipinski definition) is 15. The van der Waals surface area contributed by atoms with E-state index in [1.54, 1.807) is 32.0 Å². The van der Waals surface area contributed by atoms with Crippen LogP contribution in [-0.4, -0.2) is 148 Å². The molecular formula is C38H60N8O11S2. The lowest BCUT2D eigenvalue weighted by molar-refractivity contribution is -0.123. The Labute approximate surface area is 353 Å². The first-order valence-electron chi connectivity index (χ1n) is 19.3. The molecule has 2 rings (SSSR count). The summed E-state index contributed by atoms with van der Waals surface area (Å²) in [5, 5.41) is 12.2. The van der Waals surface area contributed by atoms with Gasteiger partial charge in [0.25, 0.3) is 5.91 Å². The smallest absolute Gasteiger partial charge is 0.251 e. The van der Waals surface area contributed by atoms with Crippen LogP contribution in [0.4, 0.5) is 5.69 Å². The lowest BCUT2D eigenvalue weighted by atomic mass is 10.2. The molecule has 9 N–H and O–H groups in total. The molecule has 0 aliphatic carbocycles. The Bertz CT molecular complexity index is 1570. The Morgan fingerprint density at radius 2 is 1.34 bits per heavy atom. The Morgan fingerprint density at radius 1 is 0.763 bits per heavy atom. The molecule has 1 aromatic rings. The van der Waals surface area contributed by atoms with Crippen molar-refractivity contribution >= 4 is 82.1 Å². The number of carbonyl (C=O) groups excluding carboxylic acids is 9. The molecule has 7 amide bonds. The fourth-order valence-corrected chi connectivity index (χ4v) is 6.67. The van der Waals surface area contributed by atoms with Crippen molar-refractivity contribution in [3.05, 3.63) is 29.8 Å². The zero-order valence-corrected chi connectivity index (χ0v) is 35.9. The monoisotopic (exact) mass is 868 g/mol. The van der Waals surface area contributed by atoms with Crippen LogP contribution in [0.15, 0.2) is 24.3 Å². The van der Waals surface area contributed by atoms with E-state index in [2.05, 4.69) is 26.6 Å². The van der Waals surface area contributed by atoms with E-state index in [-0.39, 0.29) is 91.1 Å². The number of ketones is 2. The molecule has 1 saturated heterocycles. The predicted molar refractivity (Wildman–Crippen MR) is 226 cm³/mol. The maximum absolute atomic E-state index is 12.8. The largest absolute Gasteiger partial charge is 0.379 e. The highest BCUT2D eigenvalue weighted by molar-refractivity contribution is 8.00. The van der Waals surface area contributed by atoms with E-state index in [0.717, 1.165) is 16.7 Å². The second-order valence-corrected chi connectivity index (χ2v) is 15.1. The summed E-state index contributed by atoms with van der Waals surface area (Å²) >= 11 is 2.40. The number of benzene rings is 1. The molecule has 0 radical (unpaired) electrons. The molecule has 21 heteroatoms. The molecule has 3 atom stereocenters. The van der Waals surface area contributed by atoms with Crippen molar-refractivity contribution in [1.82, 2.24) is 26.6 Å². The minimum atomic E-state index is -0.856. The number of hydrogen-bond donors (Lipinski definition) is 7. The van der Waals surface area contributed by atoms with Crippen LogP contribution in [0.1, 0.15) is 62.7 Å². The third kappa shape index (κ3) is 22.0. The molecule has 0 bridgehead atoms. The molecule has 330 valence electrons. The summed E-state index contributed by atoms with van der Waals surface area (Å²) in [6, 6.07) is 4.69. The standard InChI is InChI=1S/C22H30N4O6S.C16H30N4O5S/c1-3-16(27)7-9-32-10-8-25-21(30)17(23)13-33-18-12-19(28)26(22(18)31)15-6-4-5-14(11-15)20(29)24-2;1-3-12(21)5-8-25-9-7-20-16(24)13(17)10-26-11-15(23)19-6-4-14(22)18-2/h4-6,11,17-18H,3,7-10,12-13,23H2,1-2H3,(H,24,29)(H,25,30);13H,3-11,17H2,1-2H3,(H,18,22)(H,19,23)(H,20,24)/t17-,18?;13-/m00/s1. The number of ether oxygens (including phenoxy) is 2. The minimum absolute atomic E-state index is 0.00758. The number of anilines is 1. The summed E-state index contributed by atoms with van der Waals surface area (Å²) < 4.78 is 10.5. The number of carbonyl (C=O) groups is 9. The SMILES string of the molecule is CCC(=O)CCOCCNC(=O)[C@@H](N)CSC1CC(=O)N(c2cccc(C(=O)NC)c2)C1=O.CCC(=O)CCOCCNC(=O)[C@@H](N)CSCC(=O)NCCC(=O)NC. The minimum Gasteiger partial charge on any atom is -0.379 e. The highest BCUT2D eigenvalue weighted by Crippen LogP contribution is 2.30. The number of rotatable bonds is 28. The normalized spacial score (nSPS) is 14.3. The van der Waals surface area contributed by atoms with Gasteiger partial charge < -0.3 is 47.5 Å². The lowest BCUT2D eigenvalue weighted by Gasteiger charge is -2.17. The van der Waals surface area contributed by atoms with Gasteiger partial charge in [-0.1, -0.05) is 19.9 Å². The lowest BCUT2D eigenvalue weighted by Crippen LogP contribution is -2.44. The zero-order valence-electron chi connectivity index (χ0n) is 34.3. The van der Waals surface area contributed by atoms with Crippen LogP contribution in [0.5, 0.6) is 0 Å². The van der Waals surface area contributed by atoms with Crippen molar-refractivity contribution in [3.8, 4) is 0 Å². The Hall–Kier alpha value is -4.41. The summed E-state index contributed by atoms with van der Waals surface area (Å²) in [4.78, 5) is 107. The molecule has 1 aliphatic rings. The first-order chi connectivity index (χ1) is 28.2. The van der Waals surface area contributed by atoms with Crippen LogP contribution >= 0.6 is 23.5 Å². The molecule has 0 aromatic heterocycles. The summed E-state index contributed by atoms with van der Waals surface area (Å²) in [7, 11) is 3.03. The number of nitrogens with zero attached hydrogens (tertiary/aromatic N) is 1. The van der Waals surface area contributed by atoms with Gasteiger partial charge in [-0.15, -0.1) is 23.5 Å². The quantitative estimate of drug-likeness (QED) is 0.0395. The van der Waals surface area contributed by atoms with Gasteiger partial charge in [-0.2, -0.15) is 0 Å². The average molecular weight is 869 g/mol. The van der Waals surface area contributed by atoms with E-state index in [9.17, 15) is 43.2 Å². The highest BCUT2D eigenvalue weighted by atomic mass is 32.2. The van der Waals surface area contributed by atoms with Gasteiger partial charge in [0.1, 0.15) is 11.6 Å². The van der Waals surface area contributed by atoms with Crippen molar-refractivity contribution in [2.75, 3.05) is 82.3 Å². The van der Waals surface area contributed by atoms with Gasteiger partial charge in [-0.3, -0.25) is 43.2 Å². The number of nitrogens with one attached hydrogen (secondary N) is 5. The molecule has 1 aliphatic heterocycles. The van der Waals surface area contributed by atoms with E-state index in [1.807, 2.05) is 0 Å². The van der Waals surface area contributed by atoms with E-state index in [4.69, 9.17) is 20.9 Å². The van der Waals surface area contributed by atoms with Gasteiger partial charge in [-0.05, 0) is 18.2 Å². The van der Waals surface area contributed by atoms with Crippen molar-refractivity contribution in [1.29, 1.82) is 0 Å². The van der Waals surface area contributed by atoms with Crippen molar-refractivity contribution in [2.45, 2.75) is 69.7 Å². The van der Waals surface area contributed by atoms with Gasteiger partial charge in [0.15, 0.2) is 0 Å². The van der Waals surface area contributed by atoms with E-state index in [0.29, 0.717) is 69.1 Å². The molecule has 1 fully saturated rings. The Balaban J connectivity index is 0.000000609. The third-order valence-electron chi connectivity index (χ3n) is 8.26. The number of thioether (sulfide) groups is 2. The maximum atomic E-state index is 12.8. The predicted octanol–water partition coefficient (Wildman–Crippen LogP) is -0.958. The summed E-state index contributed by atoms with van der Waals surface area (Å²) in [5.74, 6) is -1.24. The van der Waals surface area contributed by atoms with Gasteiger partial charge >= 0.3 is 0 Å². The van der Waals surface area contributed by atoms with Gasteiger partial charge in [-0.25, -0.2) is 4.90 Å². The summed E-state index contributed by atoms with van der Waals surface area (Å²) in [6.45, 7) is 5.68. The number of nitrogens with two attached hydrogens (primary N) is 2.